The first kappa shape index (κ1) is 13.7. The standard InChI is InChI=1S/C16H15N3OS/c1-3-20-16-14(12-8-6-11(2)7-9-12)18-19-15(17-16)13-5-4-10-21-13/h4-10H,3H2,1-2H3. The van der Waals surface area contributed by atoms with E-state index in [1.807, 2.05) is 48.7 Å². The highest BCUT2D eigenvalue weighted by atomic mass is 32.1. The summed E-state index contributed by atoms with van der Waals surface area (Å²) in [6.45, 7) is 4.53. The van der Waals surface area contributed by atoms with Crippen molar-refractivity contribution < 1.29 is 4.74 Å². The van der Waals surface area contributed by atoms with E-state index in [0.29, 0.717) is 24.0 Å². The summed E-state index contributed by atoms with van der Waals surface area (Å²) in [5, 5.41) is 10.5. The SMILES string of the molecule is CCOc1nc(-c2cccs2)nnc1-c1ccc(C)cc1. The molecule has 0 fully saturated rings. The Morgan fingerprint density at radius 2 is 1.90 bits per heavy atom. The average molecular weight is 297 g/mol. The zero-order valence-corrected chi connectivity index (χ0v) is 12.7. The number of hydrogen-bond acceptors (Lipinski definition) is 5. The van der Waals surface area contributed by atoms with Crippen molar-refractivity contribution in [3.8, 4) is 27.8 Å². The summed E-state index contributed by atoms with van der Waals surface area (Å²) >= 11 is 1.59. The molecule has 3 rings (SSSR count). The van der Waals surface area contributed by atoms with Crippen molar-refractivity contribution in [2.45, 2.75) is 13.8 Å². The maximum absolute atomic E-state index is 5.65. The second-order valence-electron chi connectivity index (χ2n) is 4.57. The van der Waals surface area contributed by atoms with Gasteiger partial charge >= 0.3 is 0 Å². The third-order valence-corrected chi connectivity index (χ3v) is 3.87. The van der Waals surface area contributed by atoms with E-state index in [9.17, 15) is 0 Å². The van der Waals surface area contributed by atoms with E-state index >= 15 is 0 Å². The van der Waals surface area contributed by atoms with Crippen molar-refractivity contribution in [1.82, 2.24) is 15.2 Å². The molecular formula is C16H15N3OS. The molecule has 0 bridgehead atoms. The van der Waals surface area contributed by atoms with Crippen LogP contribution in [-0.4, -0.2) is 21.8 Å². The summed E-state index contributed by atoms with van der Waals surface area (Å²) in [4.78, 5) is 5.50. The van der Waals surface area contributed by atoms with E-state index in [-0.39, 0.29) is 0 Å². The van der Waals surface area contributed by atoms with Gasteiger partial charge in [-0.3, -0.25) is 0 Å². The van der Waals surface area contributed by atoms with E-state index in [1.165, 1.54) is 5.56 Å². The molecule has 0 amide bonds. The molecule has 0 atom stereocenters. The lowest BCUT2D eigenvalue weighted by molar-refractivity contribution is 0.326. The molecule has 0 radical (unpaired) electrons. The first-order valence-electron chi connectivity index (χ1n) is 6.76. The highest BCUT2D eigenvalue weighted by Crippen LogP contribution is 2.29. The van der Waals surface area contributed by atoms with Gasteiger partial charge in [0.25, 0.3) is 0 Å². The molecule has 3 aromatic rings. The molecule has 1 aromatic carbocycles. The molecule has 0 unspecified atom stereocenters. The molecule has 0 spiro atoms. The van der Waals surface area contributed by atoms with Crippen LogP contribution in [0.1, 0.15) is 12.5 Å². The summed E-state index contributed by atoms with van der Waals surface area (Å²) in [5.74, 6) is 1.13. The molecule has 0 N–H and O–H groups in total. The van der Waals surface area contributed by atoms with Gasteiger partial charge in [0.2, 0.25) is 5.88 Å². The zero-order valence-electron chi connectivity index (χ0n) is 11.9. The highest BCUT2D eigenvalue weighted by Gasteiger charge is 2.14. The van der Waals surface area contributed by atoms with Gasteiger partial charge in [0.1, 0.15) is 0 Å². The third-order valence-electron chi connectivity index (χ3n) is 3.00. The fourth-order valence-corrected chi connectivity index (χ4v) is 2.60. The van der Waals surface area contributed by atoms with Crippen molar-refractivity contribution in [2.75, 3.05) is 6.61 Å². The van der Waals surface area contributed by atoms with Crippen LogP contribution >= 0.6 is 11.3 Å². The number of thiophene rings is 1. The van der Waals surface area contributed by atoms with Crippen LogP contribution < -0.4 is 4.74 Å². The lowest BCUT2D eigenvalue weighted by atomic mass is 10.1. The lowest BCUT2D eigenvalue weighted by Crippen LogP contribution is -2.02. The van der Waals surface area contributed by atoms with E-state index in [4.69, 9.17) is 4.74 Å². The van der Waals surface area contributed by atoms with Gasteiger partial charge in [0, 0.05) is 5.56 Å². The summed E-state index contributed by atoms with van der Waals surface area (Å²) in [6.07, 6.45) is 0. The van der Waals surface area contributed by atoms with Gasteiger partial charge < -0.3 is 4.74 Å². The Hall–Kier alpha value is -2.27. The minimum Gasteiger partial charge on any atom is -0.476 e. The number of nitrogens with zero attached hydrogens (tertiary/aromatic N) is 3. The summed E-state index contributed by atoms with van der Waals surface area (Å²) in [5.41, 5.74) is 2.84. The van der Waals surface area contributed by atoms with Gasteiger partial charge in [-0.2, -0.15) is 4.98 Å². The molecule has 106 valence electrons. The Morgan fingerprint density at radius 1 is 1.10 bits per heavy atom. The number of rotatable bonds is 4. The number of aromatic nitrogens is 3. The van der Waals surface area contributed by atoms with E-state index in [1.54, 1.807) is 11.3 Å². The zero-order chi connectivity index (χ0) is 14.7. The predicted molar refractivity (Wildman–Crippen MR) is 84.5 cm³/mol. The first-order valence-corrected chi connectivity index (χ1v) is 7.64. The van der Waals surface area contributed by atoms with Crippen LogP contribution in [0.4, 0.5) is 0 Å². The lowest BCUT2D eigenvalue weighted by Gasteiger charge is -2.09. The Labute approximate surface area is 127 Å². The topological polar surface area (TPSA) is 47.9 Å². The van der Waals surface area contributed by atoms with Crippen LogP contribution in [0.25, 0.3) is 22.0 Å². The van der Waals surface area contributed by atoms with Crippen molar-refractivity contribution in [3.05, 3.63) is 47.3 Å². The number of benzene rings is 1. The van der Waals surface area contributed by atoms with Crippen molar-refractivity contribution >= 4 is 11.3 Å². The molecule has 21 heavy (non-hydrogen) atoms. The summed E-state index contributed by atoms with van der Waals surface area (Å²) in [7, 11) is 0. The Balaban J connectivity index is 2.06. The van der Waals surface area contributed by atoms with Crippen LogP contribution in [0.5, 0.6) is 5.88 Å². The number of aryl methyl sites for hydroxylation is 1. The predicted octanol–water partition coefficient (Wildman–Crippen LogP) is 3.97. The van der Waals surface area contributed by atoms with Gasteiger partial charge in [-0.05, 0) is 25.3 Å². The van der Waals surface area contributed by atoms with Crippen LogP contribution in [-0.2, 0) is 0 Å². The van der Waals surface area contributed by atoms with Gasteiger partial charge in [0.05, 0.1) is 11.5 Å². The largest absolute Gasteiger partial charge is 0.476 e. The molecule has 0 aliphatic carbocycles. The van der Waals surface area contributed by atoms with Gasteiger partial charge in [-0.1, -0.05) is 35.9 Å². The number of ether oxygens (including phenoxy) is 1. The second-order valence-corrected chi connectivity index (χ2v) is 5.51. The summed E-state index contributed by atoms with van der Waals surface area (Å²) in [6, 6.07) is 12.0. The normalized spacial score (nSPS) is 10.6. The van der Waals surface area contributed by atoms with Crippen LogP contribution in [0.2, 0.25) is 0 Å². The van der Waals surface area contributed by atoms with Crippen molar-refractivity contribution in [2.24, 2.45) is 0 Å². The quantitative estimate of drug-likeness (QED) is 0.731. The van der Waals surface area contributed by atoms with Crippen molar-refractivity contribution in [1.29, 1.82) is 0 Å². The van der Waals surface area contributed by atoms with Gasteiger partial charge in [-0.25, -0.2) is 0 Å². The van der Waals surface area contributed by atoms with Crippen LogP contribution in [0.15, 0.2) is 41.8 Å². The van der Waals surface area contributed by atoms with E-state index < -0.39 is 0 Å². The minimum atomic E-state index is 0.528. The highest BCUT2D eigenvalue weighted by molar-refractivity contribution is 7.13. The molecule has 2 aromatic heterocycles. The Morgan fingerprint density at radius 3 is 2.57 bits per heavy atom. The van der Waals surface area contributed by atoms with E-state index in [2.05, 4.69) is 22.1 Å². The van der Waals surface area contributed by atoms with E-state index in [0.717, 1.165) is 10.4 Å². The molecule has 0 saturated carbocycles. The summed E-state index contributed by atoms with van der Waals surface area (Å²) < 4.78 is 5.65. The van der Waals surface area contributed by atoms with Crippen LogP contribution in [0, 0.1) is 6.92 Å². The Bertz CT molecular complexity index is 724. The molecule has 0 aliphatic heterocycles. The smallest absolute Gasteiger partial charge is 0.244 e. The van der Waals surface area contributed by atoms with Crippen LogP contribution in [0.3, 0.4) is 0 Å². The average Bonchev–Trinajstić information content (AvgIpc) is 3.03. The minimum absolute atomic E-state index is 0.528. The maximum Gasteiger partial charge on any atom is 0.244 e. The number of hydrogen-bond donors (Lipinski definition) is 0. The Kier molecular flexibility index (Phi) is 3.92. The molecule has 0 saturated heterocycles. The molecule has 4 nitrogen and oxygen atoms in total. The monoisotopic (exact) mass is 297 g/mol. The van der Waals surface area contributed by atoms with Crippen molar-refractivity contribution in [3.63, 3.8) is 0 Å². The molecular weight excluding hydrogens is 282 g/mol. The molecule has 2 heterocycles. The maximum atomic E-state index is 5.65. The second kappa shape index (κ2) is 6.01. The van der Waals surface area contributed by atoms with Gasteiger partial charge in [-0.15, -0.1) is 21.5 Å². The fraction of sp³-hybridized carbons (Fsp3) is 0.188. The molecule has 0 aliphatic rings. The van der Waals surface area contributed by atoms with Gasteiger partial charge in [0.15, 0.2) is 11.5 Å². The fourth-order valence-electron chi connectivity index (χ4n) is 1.95. The first-order chi connectivity index (χ1) is 10.3. The third kappa shape index (κ3) is 2.92. The molecule has 5 heteroatoms.